The van der Waals surface area contributed by atoms with E-state index in [0.717, 1.165) is 12.8 Å². The maximum atomic E-state index is 12.0. The Morgan fingerprint density at radius 1 is 1.22 bits per heavy atom. The number of carbonyl (C=O) groups excluding carboxylic acids is 1. The highest BCUT2D eigenvalue weighted by molar-refractivity contribution is 7.91. The van der Waals surface area contributed by atoms with Gasteiger partial charge in [0.25, 0.3) is 0 Å². The lowest BCUT2D eigenvalue weighted by Gasteiger charge is -2.41. The first-order valence-electron chi connectivity index (χ1n) is 8.69. The molecule has 1 heterocycles. The van der Waals surface area contributed by atoms with Crippen molar-refractivity contribution in [2.24, 2.45) is 17.3 Å². The van der Waals surface area contributed by atoms with Crippen molar-refractivity contribution in [1.29, 1.82) is 0 Å². The third-order valence-corrected chi connectivity index (χ3v) is 7.39. The average molecular weight is 346 g/mol. The van der Waals surface area contributed by atoms with Crippen molar-refractivity contribution in [3.05, 3.63) is 0 Å². The van der Waals surface area contributed by atoms with Crippen LogP contribution in [0.5, 0.6) is 0 Å². The summed E-state index contributed by atoms with van der Waals surface area (Å²) in [5.74, 6) is 0.730. The summed E-state index contributed by atoms with van der Waals surface area (Å²) < 4.78 is 22.8. The van der Waals surface area contributed by atoms with Crippen LogP contribution in [0.25, 0.3) is 0 Å². The van der Waals surface area contributed by atoms with E-state index in [1.165, 1.54) is 0 Å². The lowest BCUT2D eigenvalue weighted by atomic mass is 9.68. The molecule has 0 aromatic carbocycles. The molecule has 1 atom stereocenters. The number of aliphatic hydroxyl groups is 1. The third-order valence-electron chi connectivity index (χ3n) is 5.56. The summed E-state index contributed by atoms with van der Waals surface area (Å²) in [6.45, 7) is 6.99. The van der Waals surface area contributed by atoms with Gasteiger partial charge in [-0.05, 0) is 49.4 Å². The average Bonchev–Trinajstić information content (AvgIpc) is 2.75. The summed E-state index contributed by atoms with van der Waals surface area (Å²) in [7, 11) is -2.94. The number of hydrogen-bond acceptors (Lipinski definition) is 4. The van der Waals surface area contributed by atoms with Crippen molar-refractivity contribution in [2.45, 2.75) is 64.9 Å². The molecule has 0 aromatic rings. The zero-order valence-corrected chi connectivity index (χ0v) is 15.4. The van der Waals surface area contributed by atoms with Gasteiger partial charge in [0.1, 0.15) is 0 Å². The van der Waals surface area contributed by atoms with Gasteiger partial charge >= 0.3 is 0 Å². The van der Waals surface area contributed by atoms with E-state index < -0.39 is 15.4 Å². The topological polar surface area (TPSA) is 83.5 Å². The molecule has 134 valence electrons. The van der Waals surface area contributed by atoms with Gasteiger partial charge in [-0.15, -0.1) is 0 Å². The number of rotatable bonds is 4. The smallest absolute Gasteiger partial charge is 0.220 e. The van der Waals surface area contributed by atoms with Gasteiger partial charge in [-0.2, -0.15) is 0 Å². The second kappa shape index (κ2) is 6.71. The molecule has 0 aromatic heterocycles. The summed E-state index contributed by atoms with van der Waals surface area (Å²) in [5, 5.41) is 13.5. The number of carbonyl (C=O) groups is 1. The first-order valence-corrected chi connectivity index (χ1v) is 10.5. The summed E-state index contributed by atoms with van der Waals surface area (Å²) in [6, 6.07) is 0. The minimum Gasteiger partial charge on any atom is -0.388 e. The van der Waals surface area contributed by atoms with Gasteiger partial charge < -0.3 is 10.4 Å². The van der Waals surface area contributed by atoms with Crippen molar-refractivity contribution in [3.8, 4) is 0 Å². The van der Waals surface area contributed by atoms with E-state index in [4.69, 9.17) is 0 Å². The minimum absolute atomic E-state index is 0.0636. The number of amides is 1. The van der Waals surface area contributed by atoms with Crippen molar-refractivity contribution in [3.63, 3.8) is 0 Å². The van der Waals surface area contributed by atoms with Crippen LogP contribution in [0.4, 0.5) is 0 Å². The van der Waals surface area contributed by atoms with Crippen LogP contribution < -0.4 is 5.32 Å². The van der Waals surface area contributed by atoms with Crippen molar-refractivity contribution in [1.82, 2.24) is 5.32 Å². The predicted molar refractivity (Wildman–Crippen MR) is 90.8 cm³/mol. The Hall–Kier alpha value is -0.620. The molecule has 2 N–H and O–H groups in total. The summed E-state index contributed by atoms with van der Waals surface area (Å²) in [6.07, 6.45) is 4.22. The molecule has 0 radical (unpaired) electrons. The van der Waals surface area contributed by atoms with E-state index in [2.05, 4.69) is 26.1 Å². The van der Waals surface area contributed by atoms with Crippen LogP contribution in [0.1, 0.15) is 59.3 Å². The molecule has 2 fully saturated rings. The fourth-order valence-electron chi connectivity index (χ4n) is 3.83. The van der Waals surface area contributed by atoms with Gasteiger partial charge in [0.05, 0.1) is 17.1 Å². The van der Waals surface area contributed by atoms with E-state index >= 15 is 0 Å². The molecule has 1 aliphatic heterocycles. The Balaban J connectivity index is 1.74. The van der Waals surface area contributed by atoms with Crippen LogP contribution in [-0.2, 0) is 14.6 Å². The number of nitrogens with one attached hydrogen (secondary N) is 1. The normalized spacial score (nSPS) is 34.3. The lowest BCUT2D eigenvalue weighted by Crippen LogP contribution is -2.46. The van der Waals surface area contributed by atoms with Gasteiger partial charge in [0, 0.05) is 13.0 Å². The van der Waals surface area contributed by atoms with Gasteiger partial charge in [-0.3, -0.25) is 4.79 Å². The molecule has 0 spiro atoms. The van der Waals surface area contributed by atoms with Crippen LogP contribution >= 0.6 is 0 Å². The molecule has 6 heteroatoms. The molecular weight excluding hydrogens is 314 g/mol. The van der Waals surface area contributed by atoms with Gasteiger partial charge in [-0.1, -0.05) is 20.8 Å². The molecule has 1 aliphatic carbocycles. The van der Waals surface area contributed by atoms with Gasteiger partial charge in [0.15, 0.2) is 9.84 Å². The Labute approximate surface area is 140 Å². The zero-order chi connectivity index (χ0) is 17.3. The zero-order valence-electron chi connectivity index (χ0n) is 14.6. The van der Waals surface area contributed by atoms with Gasteiger partial charge in [0.2, 0.25) is 5.91 Å². The maximum absolute atomic E-state index is 12.0. The molecule has 1 saturated heterocycles. The van der Waals surface area contributed by atoms with Crippen molar-refractivity contribution < 1.29 is 18.3 Å². The van der Waals surface area contributed by atoms with Crippen molar-refractivity contribution in [2.75, 3.05) is 18.1 Å². The fourth-order valence-corrected chi connectivity index (χ4v) is 5.69. The Bertz CT molecular complexity index is 527. The van der Waals surface area contributed by atoms with Crippen LogP contribution in [0.15, 0.2) is 0 Å². The number of hydrogen-bond donors (Lipinski definition) is 2. The molecule has 1 unspecified atom stereocenters. The Morgan fingerprint density at radius 2 is 1.83 bits per heavy atom. The Kier molecular flexibility index (Phi) is 5.46. The maximum Gasteiger partial charge on any atom is 0.220 e. The van der Waals surface area contributed by atoms with E-state index in [0.29, 0.717) is 25.2 Å². The van der Waals surface area contributed by atoms with E-state index in [1.54, 1.807) is 0 Å². The first kappa shape index (κ1) is 18.7. The lowest BCUT2D eigenvalue weighted by molar-refractivity contribution is -0.123. The molecular formula is C17H31NO4S. The highest BCUT2D eigenvalue weighted by Gasteiger charge is 2.37. The highest BCUT2D eigenvalue weighted by atomic mass is 32.2. The van der Waals surface area contributed by atoms with E-state index in [1.807, 2.05) is 0 Å². The monoisotopic (exact) mass is 345 g/mol. The highest BCUT2D eigenvalue weighted by Crippen LogP contribution is 2.41. The van der Waals surface area contributed by atoms with Crippen LogP contribution in [0.2, 0.25) is 0 Å². The SMILES string of the molecule is CC(C)(C)C1CCC(O)(CNC(=O)CC2CCS(=O)(=O)C2)CC1. The molecule has 1 amide bonds. The summed E-state index contributed by atoms with van der Waals surface area (Å²) in [5.41, 5.74) is -0.544. The van der Waals surface area contributed by atoms with Gasteiger partial charge in [-0.25, -0.2) is 8.42 Å². The molecule has 5 nitrogen and oxygen atoms in total. The first-order chi connectivity index (χ1) is 10.5. The second-order valence-corrected chi connectivity index (χ2v) is 10.8. The molecule has 1 saturated carbocycles. The standard InChI is InChI=1S/C17H31NO4S/c1-16(2,3)14-4-7-17(20,8-5-14)12-18-15(19)10-13-6-9-23(21,22)11-13/h13-14,20H,4-12H2,1-3H3,(H,18,19). The van der Waals surface area contributed by atoms with E-state index in [9.17, 15) is 18.3 Å². The third kappa shape index (κ3) is 5.45. The predicted octanol–water partition coefficient (Wildman–Crippen LogP) is 1.89. The molecule has 0 bridgehead atoms. The summed E-state index contributed by atoms with van der Waals surface area (Å²) in [4.78, 5) is 12.0. The van der Waals surface area contributed by atoms with Crippen LogP contribution in [0, 0.1) is 17.3 Å². The quantitative estimate of drug-likeness (QED) is 0.815. The van der Waals surface area contributed by atoms with Crippen LogP contribution in [0.3, 0.4) is 0 Å². The van der Waals surface area contributed by atoms with Crippen molar-refractivity contribution >= 4 is 15.7 Å². The van der Waals surface area contributed by atoms with Crippen LogP contribution in [-0.4, -0.2) is 43.1 Å². The summed E-state index contributed by atoms with van der Waals surface area (Å²) >= 11 is 0. The second-order valence-electron chi connectivity index (χ2n) is 8.61. The molecule has 2 rings (SSSR count). The minimum atomic E-state index is -2.94. The fraction of sp³-hybridized carbons (Fsp3) is 0.941. The largest absolute Gasteiger partial charge is 0.388 e. The Morgan fingerprint density at radius 3 is 2.30 bits per heavy atom. The number of sulfone groups is 1. The molecule has 2 aliphatic rings. The van der Waals surface area contributed by atoms with E-state index in [-0.39, 0.29) is 41.7 Å². The molecule has 23 heavy (non-hydrogen) atoms.